The third-order valence-corrected chi connectivity index (χ3v) is 4.22. The number of aryl methyl sites for hydroxylation is 1. The van der Waals surface area contributed by atoms with Crippen LogP contribution in [0.3, 0.4) is 0 Å². The average Bonchev–Trinajstić information content (AvgIpc) is 2.88. The number of hydrogen-bond donors (Lipinski definition) is 1. The van der Waals surface area contributed by atoms with Crippen molar-refractivity contribution in [2.45, 2.75) is 33.1 Å². The van der Waals surface area contributed by atoms with Gasteiger partial charge in [-0.1, -0.05) is 6.92 Å². The molecule has 0 saturated carbocycles. The van der Waals surface area contributed by atoms with Gasteiger partial charge in [-0.15, -0.1) is 0 Å². The number of fused-ring (bicyclic) bond motifs is 1. The molecular formula is C16H25N5. The van der Waals surface area contributed by atoms with Crippen LogP contribution in [0.15, 0.2) is 18.5 Å². The van der Waals surface area contributed by atoms with E-state index in [0.717, 1.165) is 55.5 Å². The fourth-order valence-corrected chi connectivity index (χ4v) is 3.20. The first-order chi connectivity index (χ1) is 10.3. The lowest BCUT2D eigenvalue weighted by Gasteiger charge is -2.31. The molecule has 2 aromatic rings. The molecule has 0 aliphatic carbocycles. The Morgan fingerprint density at radius 2 is 2.19 bits per heavy atom. The zero-order chi connectivity index (χ0) is 14.7. The molecule has 5 heteroatoms. The molecule has 21 heavy (non-hydrogen) atoms. The SMILES string of the molecule is CCCN(CC1CCNCC1)c1nccn2nc(C)cc12. The van der Waals surface area contributed by atoms with E-state index in [0.29, 0.717) is 0 Å². The first-order valence-corrected chi connectivity index (χ1v) is 8.04. The fourth-order valence-electron chi connectivity index (χ4n) is 3.20. The maximum absolute atomic E-state index is 4.65. The van der Waals surface area contributed by atoms with Gasteiger partial charge in [-0.3, -0.25) is 0 Å². The van der Waals surface area contributed by atoms with Gasteiger partial charge in [0.25, 0.3) is 0 Å². The van der Waals surface area contributed by atoms with E-state index < -0.39 is 0 Å². The van der Waals surface area contributed by atoms with Gasteiger partial charge in [-0.2, -0.15) is 5.10 Å². The molecule has 5 nitrogen and oxygen atoms in total. The molecule has 0 aromatic carbocycles. The summed E-state index contributed by atoms with van der Waals surface area (Å²) in [6.45, 7) is 8.72. The molecule has 0 unspecified atom stereocenters. The highest BCUT2D eigenvalue weighted by atomic mass is 15.3. The highest BCUT2D eigenvalue weighted by molar-refractivity contribution is 5.69. The lowest BCUT2D eigenvalue weighted by molar-refractivity contribution is 0.373. The minimum atomic E-state index is 0.767. The smallest absolute Gasteiger partial charge is 0.154 e. The Balaban J connectivity index is 1.87. The van der Waals surface area contributed by atoms with Gasteiger partial charge in [0.15, 0.2) is 5.82 Å². The number of aromatic nitrogens is 3. The highest BCUT2D eigenvalue weighted by Gasteiger charge is 2.19. The molecule has 0 atom stereocenters. The second-order valence-corrected chi connectivity index (χ2v) is 6.01. The molecular weight excluding hydrogens is 262 g/mol. The number of anilines is 1. The standard InChI is InChI=1S/C16H25N5/c1-3-9-20(12-14-4-6-17-7-5-14)16-15-11-13(2)19-21(15)10-8-18-16/h8,10-11,14,17H,3-7,9,12H2,1-2H3. The third-order valence-electron chi connectivity index (χ3n) is 4.22. The fraction of sp³-hybridized carbons (Fsp3) is 0.625. The summed E-state index contributed by atoms with van der Waals surface area (Å²) in [5.74, 6) is 1.85. The van der Waals surface area contributed by atoms with Crippen molar-refractivity contribution in [3.63, 3.8) is 0 Å². The largest absolute Gasteiger partial charge is 0.355 e. The molecule has 0 bridgehead atoms. The Kier molecular flexibility index (Phi) is 4.39. The lowest BCUT2D eigenvalue weighted by Crippen LogP contribution is -2.37. The molecule has 1 saturated heterocycles. The molecule has 0 spiro atoms. The Labute approximate surface area is 126 Å². The van der Waals surface area contributed by atoms with Gasteiger partial charge in [0.1, 0.15) is 5.52 Å². The maximum Gasteiger partial charge on any atom is 0.154 e. The summed E-state index contributed by atoms with van der Waals surface area (Å²) < 4.78 is 1.95. The van der Waals surface area contributed by atoms with Crippen LogP contribution < -0.4 is 10.2 Å². The van der Waals surface area contributed by atoms with Crippen LogP contribution in [0.1, 0.15) is 31.9 Å². The van der Waals surface area contributed by atoms with Crippen LogP contribution in [0.4, 0.5) is 5.82 Å². The van der Waals surface area contributed by atoms with Gasteiger partial charge in [0.2, 0.25) is 0 Å². The Hall–Kier alpha value is -1.62. The molecule has 1 aliphatic heterocycles. The zero-order valence-corrected chi connectivity index (χ0v) is 13.0. The minimum absolute atomic E-state index is 0.767. The van der Waals surface area contributed by atoms with Crippen molar-refractivity contribution in [3.8, 4) is 0 Å². The molecule has 114 valence electrons. The van der Waals surface area contributed by atoms with Crippen molar-refractivity contribution < 1.29 is 0 Å². The average molecular weight is 287 g/mol. The van der Waals surface area contributed by atoms with E-state index in [-0.39, 0.29) is 0 Å². The summed E-state index contributed by atoms with van der Waals surface area (Å²) in [7, 11) is 0. The van der Waals surface area contributed by atoms with Gasteiger partial charge in [0, 0.05) is 25.5 Å². The number of rotatable bonds is 5. The molecule has 3 heterocycles. The predicted octanol–water partition coefficient (Wildman–Crippen LogP) is 2.25. The van der Waals surface area contributed by atoms with Crippen LogP contribution in [0, 0.1) is 12.8 Å². The number of nitrogens with zero attached hydrogens (tertiary/aromatic N) is 4. The molecule has 1 fully saturated rings. The quantitative estimate of drug-likeness (QED) is 0.916. The maximum atomic E-state index is 4.65. The second-order valence-electron chi connectivity index (χ2n) is 6.01. The minimum Gasteiger partial charge on any atom is -0.355 e. The normalized spacial score (nSPS) is 16.5. The van der Waals surface area contributed by atoms with Crippen molar-refractivity contribution >= 4 is 11.3 Å². The summed E-state index contributed by atoms with van der Waals surface area (Å²) in [6.07, 6.45) is 7.46. The third kappa shape index (κ3) is 3.18. The van der Waals surface area contributed by atoms with Crippen LogP contribution >= 0.6 is 0 Å². The van der Waals surface area contributed by atoms with Crippen LogP contribution in [-0.4, -0.2) is 40.8 Å². The van der Waals surface area contributed by atoms with Gasteiger partial charge in [-0.25, -0.2) is 9.50 Å². The van der Waals surface area contributed by atoms with E-state index in [9.17, 15) is 0 Å². The Morgan fingerprint density at radius 3 is 2.95 bits per heavy atom. The molecule has 2 aromatic heterocycles. The summed E-state index contributed by atoms with van der Waals surface area (Å²) >= 11 is 0. The first-order valence-electron chi connectivity index (χ1n) is 8.04. The predicted molar refractivity (Wildman–Crippen MR) is 85.8 cm³/mol. The molecule has 1 aliphatic rings. The number of nitrogens with one attached hydrogen (secondary N) is 1. The molecule has 0 amide bonds. The van der Waals surface area contributed by atoms with E-state index >= 15 is 0 Å². The van der Waals surface area contributed by atoms with Gasteiger partial charge in [-0.05, 0) is 51.3 Å². The van der Waals surface area contributed by atoms with E-state index in [2.05, 4.69) is 33.3 Å². The van der Waals surface area contributed by atoms with Crippen molar-refractivity contribution in [1.29, 1.82) is 0 Å². The monoisotopic (exact) mass is 287 g/mol. The van der Waals surface area contributed by atoms with E-state index in [4.69, 9.17) is 0 Å². The Morgan fingerprint density at radius 1 is 1.38 bits per heavy atom. The molecule has 0 radical (unpaired) electrons. The zero-order valence-electron chi connectivity index (χ0n) is 13.0. The lowest BCUT2D eigenvalue weighted by atomic mass is 9.97. The summed E-state index contributed by atoms with van der Waals surface area (Å²) in [5.41, 5.74) is 2.17. The highest BCUT2D eigenvalue weighted by Crippen LogP contribution is 2.23. The van der Waals surface area contributed by atoms with Crippen molar-refractivity contribution in [1.82, 2.24) is 19.9 Å². The van der Waals surface area contributed by atoms with E-state index in [1.807, 2.05) is 23.8 Å². The summed E-state index contributed by atoms with van der Waals surface area (Å²) in [6, 6.07) is 2.13. The summed E-state index contributed by atoms with van der Waals surface area (Å²) in [5, 5.41) is 7.95. The van der Waals surface area contributed by atoms with E-state index in [1.54, 1.807) is 0 Å². The van der Waals surface area contributed by atoms with Gasteiger partial charge < -0.3 is 10.2 Å². The molecule has 3 rings (SSSR count). The summed E-state index contributed by atoms with van der Waals surface area (Å²) in [4.78, 5) is 7.10. The van der Waals surface area contributed by atoms with Crippen LogP contribution in [-0.2, 0) is 0 Å². The number of piperidine rings is 1. The Bertz CT molecular complexity index is 585. The van der Waals surface area contributed by atoms with E-state index in [1.165, 1.54) is 12.8 Å². The van der Waals surface area contributed by atoms with Crippen molar-refractivity contribution in [2.75, 3.05) is 31.1 Å². The van der Waals surface area contributed by atoms with Crippen molar-refractivity contribution in [2.24, 2.45) is 5.92 Å². The van der Waals surface area contributed by atoms with Gasteiger partial charge >= 0.3 is 0 Å². The topological polar surface area (TPSA) is 45.5 Å². The van der Waals surface area contributed by atoms with Crippen LogP contribution in [0.2, 0.25) is 0 Å². The number of hydrogen-bond acceptors (Lipinski definition) is 4. The molecule has 1 N–H and O–H groups in total. The van der Waals surface area contributed by atoms with Crippen LogP contribution in [0.25, 0.3) is 5.52 Å². The second kappa shape index (κ2) is 6.43. The first kappa shape index (κ1) is 14.3. The van der Waals surface area contributed by atoms with Crippen LogP contribution in [0.5, 0.6) is 0 Å². The van der Waals surface area contributed by atoms with Crippen molar-refractivity contribution in [3.05, 3.63) is 24.2 Å². The van der Waals surface area contributed by atoms with Gasteiger partial charge in [0.05, 0.1) is 5.69 Å².